The van der Waals surface area contributed by atoms with E-state index in [9.17, 15) is 19.7 Å². The Bertz CT molecular complexity index is 764. The number of carbonyl (C=O) groups is 2. The standard InChI is InChI=1S/C15H15N5O4/c1-10-8-11(2-3-13(10)20(23)24)14(21)18-6-7-19-15(22)12-9-16-4-5-17-12/h2-5,8-9H,6-7H2,1H3,(H,18,21)(H,19,22). The smallest absolute Gasteiger partial charge is 0.272 e. The topological polar surface area (TPSA) is 127 Å². The summed E-state index contributed by atoms with van der Waals surface area (Å²) >= 11 is 0. The van der Waals surface area contributed by atoms with Crippen molar-refractivity contribution in [2.24, 2.45) is 0 Å². The van der Waals surface area contributed by atoms with Crippen molar-refractivity contribution < 1.29 is 14.5 Å². The Kier molecular flexibility index (Phi) is 5.50. The minimum absolute atomic E-state index is 0.0391. The summed E-state index contributed by atoms with van der Waals surface area (Å²) in [5.41, 5.74) is 0.875. The number of nitrogens with zero attached hydrogens (tertiary/aromatic N) is 3. The first-order chi connectivity index (χ1) is 11.5. The van der Waals surface area contributed by atoms with Gasteiger partial charge in [0.05, 0.1) is 11.1 Å². The van der Waals surface area contributed by atoms with Gasteiger partial charge in [-0.15, -0.1) is 0 Å². The van der Waals surface area contributed by atoms with Crippen LogP contribution in [0.2, 0.25) is 0 Å². The van der Waals surface area contributed by atoms with Crippen LogP contribution in [-0.2, 0) is 0 Å². The minimum Gasteiger partial charge on any atom is -0.350 e. The molecular weight excluding hydrogens is 314 g/mol. The van der Waals surface area contributed by atoms with Crippen LogP contribution >= 0.6 is 0 Å². The lowest BCUT2D eigenvalue weighted by Crippen LogP contribution is -2.35. The summed E-state index contributed by atoms with van der Waals surface area (Å²) in [5, 5.41) is 16.0. The Morgan fingerprint density at radius 2 is 1.88 bits per heavy atom. The number of nitro benzene ring substituents is 1. The van der Waals surface area contributed by atoms with E-state index in [1.165, 1.54) is 36.8 Å². The second-order valence-electron chi connectivity index (χ2n) is 4.86. The Morgan fingerprint density at radius 1 is 1.17 bits per heavy atom. The largest absolute Gasteiger partial charge is 0.350 e. The maximum atomic E-state index is 12.0. The molecule has 0 bridgehead atoms. The molecule has 2 N–H and O–H groups in total. The molecule has 0 aliphatic heterocycles. The molecule has 124 valence electrons. The Morgan fingerprint density at radius 3 is 2.46 bits per heavy atom. The number of hydrogen-bond donors (Lipinski definition) is 2. The molecule has 2 aromatic rings. The minimum atomic E-state index is -0.501. The van der Waals surface area contributed by atoms with Gasteiger partial charge in [-0.05, 0) is 19.1 Å². The van der Waals surface area contributed by atoms with E-state index in [0.717, 1.165) is 0 Å². The molecule has 9 heteroatoms. The first kappa shape index (κ1) is 17.0. The van der Waals surface area contributed by atoms with Gasteiger partial charge in [-0.1, -0.05) is 0 Å². The molecule has 0 aliphatic carbocycles. The van der Waals surface area contributed by atoms with Crippen LogP contribution in [0.25, 0.3) is 0 Å². The van der Waals surface area contributed by atoms with Gasteiger partial charge in [0.25, 0.3) is 17.5 Å². The average molecular weight is 329 g/mol. The third kappa shape index (κ3) is 4.32. The van der Waals surface area contributed by atoms with Crippen molar-refractivity contribution in [2.45, 2.75) is 6.92 Å². The number of carbonyl (C=O) groups excluding carboxylic acids is 2. The van der Waals surface area contributed by atoms with Gasteiger partial charge in [0.2, 0.25) is 0 Å². The predicted octanol–water partition coefficient (Wildman–Crippen LogP) is 0.853. The lowest BCUT2D eigenvalue weighted by atomic mass is 10.1. The summed E-state index contributed by atoms with van der Waals surface area (Å²) in [6, 6.07) is 4.13. The van der Waals surface area contributed by atoms with Crippen molar-refractivity contribution in [1.82, 2.24) is 20.6 Å². The van der Waals surface area contributed by atoms with Gasteiger partial charge in [0.1, 0.15) is 5.69 Å². The lowest BCUT2D eigenvalue weighted by Gasteiger charge is -2.07. The Labute approximate surface area is 137 Å². The third-order valence-electron chi connectivity index (χ3n) is 3.15. The highest BCUT2D eigenvalue weighted by Gasteiger charge is 2.13. The van der Waals surface area contributed by atoms with Crippen LogP contribution in [0.15, 0.2) is 36.8 Å². The number of aromatic nitrogens is 2. The Hall–Kier alpha value is -3.36. The fourth-order valence-corrected chi connectivity index (χ4v) is 1.96. The highest BCUT2D eigenvalue weighted by Crippen LogP contribution is 2.18. The van der Waals surface area contributed by atoms with E-state index in [4.69, 9.17) is 0 Å². The summed E-state index contributed by atoms with van der Waals surface area (Å²) < 4.78 is 0. The highest BCUT2D eigenvalue weighted by molar-refractivity contribution is 5.95. The van der Waals surface area contributed by atoms with E-state index in [1.807, 2.05) is 0 Å². The number of nitro groups is 1. The molecule has 0 saturated heterocycles. The van der Waals surface area contributed by atoms with Gasteiger partial charge in [-0.2, -0.15) is 0 Å². The number of benzene rings is 1. The first-order valence-corrected chi connectivity index (χ1v) is 7.06. The summed E-state index contributed by atoms with van der Waals surface area (Å²) in [4.78, 5) is 41.6. The number of hydrogen-bond acceptors (Lipinski definition) is 6. The van der Waals surface area contributed by atoms with Gasteiger partial charge in [-0.3, -0.25) is 24.7 Å². The molecule has 0 fully saturated rings. The number of aryl methyl sites for hydroxylation is 1. The van der Waals surface area contributed by atoms with Gasteiger partial charge in [-0.25, -0.2) is 4.98 Å². The molecule has 1 aromatic heterocycles. The van der Waals surface area contributed by atoms with E-state index in [1.54, 1.807) is 6.92 Å². The zero-order valence-electron chi connectivity index (χ0n) is 12.9. The maximum absolute atomic E-state index is 12.0. The number of amides is 2. The summed E-state index contributed by atoms with van der Waals surface area (Å²) in [6.07, 6.45) is 4.21. The molecule has 0 spiro atoms. The van der Waals surface area contributed by atoms with E-state index in [2.05, 4.69) is 20.6 Å². The fourth-order valence-electron chi connectivity index (χ4n) is 1.96. The van der Waals surface area contributed by atoms with Crippen LogP contribution in [0.3, 0.4) is 0 Å². The molecule has 0 saturated carbocycles. The molecule has 0 unspecified atom stereocenters. The summed E-state index contributed by atoms with van der Waals surface area (Å²) in [6.45, 7) is 1.99. The normalized spacial score (nSPS) is 10.0. The SMILES string of the molecule is Cc1cc(C(=O)NCCNC(=O)c2cnccn2)ccc1[N+](=O)[O-]. The second-order valence-corrected chi connectivity index (χ2v) is 4.86. The maximum Gasteiger partial charge on any atom is 0.272 e. The van der Waals surface area contributed by atoms with Crippen LogP contribution in [0.1, 0.15) is 26.4 Å². The number of rotatable bonds is 6. The van der Waals surface area contributed by atoms with E-state index in [-0.39, 0.29) is 36.3 Å². The molecule has 1 heterocycles. The molecular formula is C15H15N5O4. The molecule has 0 atom stereocenters. The van der Waals surface area contributed by atoms with Gasteiger partial charge < -0.3 is 10.6 Å². The van der Waals surface area contributed by atoms with Crippen molar-refractivity contribution in [3.63, 3.8) is 0 Å². The fraction of sp³-hybridized carbons (Fsp3) is 0.200. The van der Waals surface area contributed by atoms with Crippen LogP contribution < -0.4 is 10.6 Å². The molecule has 9 nitrogen and oxygen atoms in total. The van der Waals surface area contributed by atoms with E-state index in [0.29, 0.717) is 11.1 Å². The molecule has 0 radical (unpaired) electrons. The van der Waals surface area contributed by atoms with Crippen molar-refractivity contribution in [1.29, 1.82) is 0 Å². The van der Waals surface area contributed by atoms with Crippen molar-refractivity contribution >= 4 is 17.5 Å². The zero-order valence-corrected chi connectivity index (χ0v) is 12.9. The second kappa shape index (κ2) is 7.77. The lowest BCUT2D eigenvalue weighted by molar-refractivity contribution is -0.385. The van der Waals surface area contributed by atoms with Gasteiger partial charge in [0.15, 0.2) is 0 Å². The van der Waals surface area contributed by atoms with Crippen molar-refractivity contribution in [3.05, 3.63) is 63.7 Å². The zero-order chi connectivity index (χ0) is 17.5. The van der Waals surface area contributed by atoms with Crippen LogP contribution in [0, 0.1) is 17.0 Å². The molecule has 0 aliphatic rings. The average Bonchev–Trinajstić information content (AvgIpc) is 2.58. The molecule has 24 heavy (non-hydrogen) atoms. The van der Waals surface area contributed by atoms with Crippen LogP contribution in [0.4, 0.5) is 5.69 Å². The Balaban J connectivity index is 1.82. The third-order valence-corrected chi connectivity index (χ3v) is 3.15. The van der Waals surface area contributed by atoms with E-state index < -0.39 is 4.92 Å². The van der Waals surface area contributed by atoms with Crippen LogP contribution in [-0.4, -0.2) is 39.8 Å². The molecule has 1 aromatic carbocycles. The predicted molar refractivity (Wildman–Crippen MR) is 84.5 cm³/mol. The first-order valence-electron chi connectivity index (χ1n) is 7.06. The van der Waals surface area contributed by atoms with Crippen molar-refractivity contribution in [2.75, 3.05) is 13.1 Å². The van der Waals surface area contributed by atoms with Gasteiger partial charge >= 0.3 is 0 Å². The molecule has 2 rings (SSSR count). The molecule has 2 amide bonds. The monoisotopic (exact) mass is 329 g/mol. The summed E-state index contributed by atoms with van der Waals surface area (Å²) in [5.74, 6) is -0.759. The number of nitrogens with one attached hydrogen (secondary N) is 2. The quantitative estimate of drug-likeness (QED) is 0.459. The highest BCUT2D eigenvalue weighted by atomic mass is 16.6. The van der Waals surface area contributed by atoms with Crippen molar-refractivity contribution in [3.8, 4) is 0 Å². The van der Waals surface area contributed by atoms with Crippen LogP contribution in [0.5, 0.6) is 0 Å². The van der Waals surface area contributed by atoms with Gasteiger partial charge in [0, 0.05) is 42.7 Å². The van der Waals surface area contributed by atoms with E-state index >= 15 is 0 Å². The summed E-state index contributed by atoms with van der Waals surface area (Å²) in [7, 11) is 0.